The first-order chi connectivity index (χ1) is 26.7. The lowest BCUT2D eigenvalue weighted by Crippen LogP contribution is -2.00. The fourth-order valence-corrected chi connectivity index (χ4v) is 7.30. The highest BCUT2D eigenvalue weighted by Gasteiger charge is 2.18. The lowest BCUT2D eigenvalue weighted by Gasteiger charge is -2.19. The quantitative estimate of drug-likeness (QED) is 0.0436. The van der Waals surface area contributed by atoms with Gasteiger partial charge >= 0.3 is 0 Å². The zero-order valence-corrected chi connectivity index (χ0v) is 34.0. The molecule has 4 nitrogen and oxygen atoms in total. The van der Waals surface area contributed by atoms with E-state index in [1.54, 1.807) is 0 Å². The molecule has 4 aromatic carbocycles. The highest BCUT2D eigenvalue weighted by molar-refractivity contribution is 9.09. The highest BCUT2D eigenvalue weighted by atomic mass is 79.9. The van der Waals surface area contributed by atoms with Gasteiger partial charge in [-0.1, -0.05) is 142 Å². The number of pyridine rings is 2. The number of halogens is 2. The van der Waals surface area contributed by atoms with Gasteiger partial charge in [-0.2, -0.15) is 0 Å². The zero-order valence-electron chi connectivity index (χ0n) is 30.8. The molecular formula is C48H48Br2N2O2. The molecule has 6 aromatic rings. The van der Waals surface area contributed by atoms with Crippen LogP contribution in [0.2, 0.25) is 0 Å². The number of alkyl halides is 2. The van der Waals surface area contributed by atoms with Gasteiger partial charge in [0, 0.05) is 34.2 Å². The topological polar surface area (TPSA) is 44.2 Å². The summed E-state index contributed by atoms with van der Waals surface area (Å²) in [4.78, 5) is 9.20. The van der Waals surface area contributed by atoms with E-state index < -0.39 is 0 Å². The van der Waals surface area contributed by atoms with Crippen molar-refractivity contribution in [3.8, 4) is 34.0 Å². The van der Waals surface area contributed by atoms with Crippen molar-refractivity contribution in [2.24, 2.45) is 0 Å². The Morgan fingerprint density at radius 3 is 1.07 bits per heavy atom. The molecule has 0 saturated heterocycles. The molecule has 2 aromatic heterocycles. The maximum Gasteiger partial charge on any atom is 0.119 e. The second kappa shape index (κ2) is 21.4. The van der Waals surface area contributed by atoms with Gasteiger partial charge in [0.2, 0.25) is 0 Å². The largest absolute Gasteiger partial charge is 0.494 e. The molecular weight excluding hydrogens is 796 g/mol. The number of hydrogen-bond donors (Lipinski definition) is 0. The molecule has 0 saturated carbocycles. The first-order valence-corrected chi connectivity index (χ1v) is 21.3. The molecule has 0 atom stereocenters. The van der Waals surface area contributed by atoms with Gasteiger partial charge in [-0.3, -0.25) is 9.97 Å². The number of rotatable bonds is 20. The van der Waals surface area contributed by atoms with Crippen LogP contribution < -0.4 is 9.47 Å². The van der Waals surface area contributed by atoms with Gasteiger partial charge in [-0.05, 0) is 108 Å². The van der Waals surface area contributed by atoms with Crippen LogP contribution in [0.15, 0.2) is 146 Å². The Morgan fingerprint density at radius 1 is 0.389 bits per heavy atom. The van der Waals surface area contributed by atoms with E-state index in [9.17, 15) is 0 Å². The van der Waals surface area contributed by atoms with E-state index in [0.717, 1.165) is 104 Å². The second-order valence-electron chi connectivity index (χ2n) is 13.3. The van der Waals surface area contributed by atoms with Crippen molar-refractivity contribution in [2.45, 2.75) is 51.4 Å². The molecule has 0 aliphatic carbocycles. The maximum absolute atomic E-state index is 6.19. The fraction of sp³-hybridized carbons (Fsp3) is 0.250. The SMILES string of the molecule is BrCCCCCCOc1ccc(C(=C(c2ccc(OCCCCCCBr)cc2)c2ccc(-c3ccccn3)cc2)c2ccc(-c3ccccn3)cc2)cc1. The molecule has 0 aliphatic heterocycles. The van der Waals surface area contributed by atoms with E-state index in [1.165, 1.54) is 38.5 Å². The van der Waals surface area contributed by atoms with Crippen LogP contribution in [0.4, 0.5) is 0 Å². The van der Waals surface area contributed by atoms with Crippen molar-refractivity contribution >= 4 is 43.0 Å². The van der Waals surface area contributed by atoms with E-state index in [0.29, 0.717) is 0 Å². The van der Waals surface area contributed by atoms with Gasteiger partial charge in [-0.15, -0.1) is 0 Å². The Morgan fingerprint density at radius 2 is 0.741 bits per heavy atom. The highest BCUT2D eigenvalue weighted by Crippen LogP contribution is 2.39. The van der Waals surface area contributed by atoms with Gasteiger partial charge in [0.05, 0.1) is 24.6 Å². The van der Waals surface area contributed by atoms with Crippen LogP contribution in [0.25, 0.3) is 33.7 Å². The first kappa shape index (κ1) is 39.2. The third-order valence-corrected chi connectivity index (χ3v) is 10.5. The molecule has 0 spiro atoms. The summed E-state index contributed by atoms with van der Waals surface area (Å²) in [7, 11) is 0. The Hall–Kier alpha value is -4.52. The summed E-state index contributed by atoms with van der Waals surface area (Å²) in [6.07, 6.45) is 13.0. The monoisotopic (exact) mass is 842 g/mol. The summed E-state index contributed by atoms with van der Waals surface area (Å²) in [6, 6.07) is 46.8. The van der Waals surface area contributed by atoms with E-state index in [2.05, 4.69) is 139 Å². The normalized spacial score (nSPS) is 11.6. The summed E-state index contributed by atoms with van der Waals surface area (Å²) in [6.45, 7) is 1.44. The summed E-state index contributed by atoms with van der Waals surface area (Å²) >= 11 is 7.06. The number of aromatic nitrogens is 2. The molecule has 2 heterocycles. The Kier molecular flexibility index (Phi) is 15.5. The molecule has 54 heavy (non-hydrogen) atoms. The lowest BCUT2D eigenvalue weighted by molar-refractivity contribution is 0.305. The third kappa shape index (κ3) is 11.3. The van der Waals surface area contributed by atoms with Crippen LogP contribution >= 0.6 is 31.9 Å². The minimum absolute atomic E-state index is 0.721. The van der Waals surface area contributed by atoms with Crippen LogP contribution in [0.5, 0.6) is 11.5 Å². The first-order valence-electron chi connectivity index (χ1n) is 19.1. The van der Waals surface area contributed by atoms with Crippen LogP contribution in [-0.2, 0) is 0 Å². The van der Waals surface area contributed by atoms with Gasteiger partial charge < -0.3 is 9.47 Å². The third-order valence-electron chi connectivity index (χ3n) is 9.40. The van der Waals surface area contributed by atoms with Gasteiger partial charge in [-0.25, -0.2) is 0 Å². The molecule has 0 bridgehead atoms. The van der Waals surface area contributed by atoms with E-state index in [4.69, 9.17) is 9.47 Å². The molecule has 0 aliphatic rings. The molecule has 276 valence electrons. The molecule has 0 radical (unpaired) electrons. The number of benzene rings is 4. The summed E-state index contributed by atoms with van der Waals surface area (Å²) in [5.74, 6) is 1.78. The van der Waals surface area contributed by atoms with Crippen LogP contribution in [0.1, 0.15) is 73.6 Å². The van der Waals surface area contributed by atoms with Gasteiger partial charge in [0.1, 0.15) is 11.5 Å². The summed E-state index contributed by atoms with van der Waals surface area (Å²) in [5.41, 5.74) is 10.8. The zero-order chi connectivity index (χ0) is 37.2. The number of hydrogen-bond acceptors (Lipinski definition) is 4. The van der Waals surface area contributed by atoms with E-state index >= 15 is 0 Å². The standard InChI is InChI=1S/C48H48Br2N2O2/c49-31-7-1-3-11-35-53-43-27-23-41(24-28-43)47(39-19-15-37(16-20-39)45-13-5-9-33-51-45)48(40-21-17-38(18-22-40)46-14-6-10-34-52-46)42-25-29-44(30-26-42)54-36-12-4-2-8-32-50/h5-6,9-10,13-30,33-34H,1-4,7-8,11-12,31-32,35-36H2. The van der Waals surface area contributed by atoms with Gasteiger partial charge in [0.15, 0.2) is 0 Å². The van der Waals surface area contributed by atoms with E-state index in [-0.39, 0.29) is 0 Å². The average molecular weight is 845 g/mol. The van der Waals surface area contributed by atoms with Crippen molar-refractivity contribution in [2.75, 3.05) is 23.9 Å². The minimum Gasteiger partial charge on any atom is -0.494 e. The smallest absolute Gasteiger partial charge is 0.119 e. The van der Waals surface area contributed by atoms with Crippen molar-refractivity contribution in [3.05, 3.63) is 168 Å². The summed E-state index contributed by atoms with van der Waals surface area (Å²) in [5, 5.41) is 2.12. The maximum atomic E-state index is 6.19. The molecule has 0 unspecified atom stereocenters. The fourth-order valence-electron chi connectivity index (χ4n) is 6.51. The van der Waals surface area contributed by atoms with Gasteiger partial charge in [0.25, 0.3) is 0 Å². The predicted octanol–water partition coefficient (Wildman–Crippen LogP) is 13.5. The predicted molar refractivity (Wildman–Crippen MR) is 233 cm³/mol. The second-order valence-corrected chi connectivity index (χ2v) is 14.9. The molecule has 0 N–H and O–H groups in total. The molecule has 6 heteroatoms. The lowest BCUT2D eigenvalue weighted by atomic mass is 9.85. The van der Waals surface area contributed by atoms with Crippen LogP contribution in [0, 0.1) is 0 Å². The van der Waals surface area contributed by atoms with Crippen LogP contribution in [0.3, 0.4) is 0 Å². The van der Waals surface area contributed by atoms with E-state index in [1.807, 2.05) is 48.8 Å². The Labute approximate surface area is 338 Å². The number of unbranched alkanes of at least 4 members (excludes halogenated alkanes) is 6. The van der Waals surface area contributed by atoms with Crippen molar-refractivity contribution < 1.29 is 9.47 Å². The number of nitrogens with zero attached hydrogens (tertiary/aromatic N) is 2. The molecule has 0 amide bonds. The Bertz CT molecular complexity index is 1850. The molecule has 6 rings (SSSR count). The number of ether oxygens (including phenoxy) is 2. The summed E-state index contributed by atoms with van der Waals surface area (Å²) < 4.78 is 12.4. The molecule has 0 fully saturated rings. The Balaban J connectivity index is 1.40. The van der Waals surface area contributed by atoms with Crippen molar-refractivity contribution in [3.63, 3.8) is 0 Å². The van der Waals surface area contributed by atoms with Crippen molar-refractivity contribution in [1.29, 1.82) is 0 Å². The van der Waals surface area contributed by atoms with Crippen molar-refractivity contribution in [1.82, 2.24) is 9.97 Å². The van der Waals surface area contributed by atoms with Crippen LogP contribution in [-0.4, -0.2) is 33.8 Å². The minimum atomic E-state index is 0.721. The average Bonchev–Trinajstić information content (AvgIpc) is 3.24.